The molecule has 2 heterocycles. The minimum Gasteiger partial charge on any atom is -0.177 e. The Hall–Kier alpha value is -0.880. The van der Waals surface area contributed by atoms with Crippen molar-refractivity contribution in [2.75, 3.05) is 0 Å². The highest BCUT2D eigenvalue weighted by Gasteiger charge is 2.21. The van der Waals surface area contributed by atoms with Crippen LogP contribution >= 0.6 is 23.5 Å². The second-order valence-corrected chi connectivity index (χ2v) is 3.73. The first-order valence-corrected chi connectivity index (χ1v) is 5.00. The maximum absolute atomic E-state index is 4.20. The van der Waals surface area contributed by atoms with Crippen LogP contribution in [0, 0.1) is 0 Å². The third-order valence-corrected chi connectivity index (χ3v) is 3.15. The fourth-order valence-corrected chi connectivity index (χ4v) is 2.46. The summed E-state index contributed by atoms with van der Waals surface area (Å²) in [7, 11) is 0. The molecule has 0 radical (unpaired) electrons. The van der Waals surface area contributed by atoms with Crippen LogP contribution in [0.5, 0.6) is 0 Å². The molecule has 0 spiro atoms. The Morgan fingerprint density at radius 2 is 1.00 bits per heavy atom. The lowest BCUT2D eigenvalue weighted by molar-refractivity contribution is 0.911. The second-order valence-electron chi connectivity index (χ2n) is 2.67. The van der Waals surface area contributed by atoms with E-state index in [1.165, 1.54) is 23.5 Å². The molecule has 0 fully saturated rings. The largest absolute Gasteiger partial charge is 0.177 e. The number of rotatable bonds is 0. The summed E-state index contributed by atoms with van der Waals surface area (Å²) in [4.78, 5) is 0. The summed E-state index contributed by atoms with van der Waals surface area (Å²) in [5, 5.41) is 0. The third-order valence-electron chi connectivity index (χ3n) is 1.94. The molecule has 0 N–H and O–H groups in total. The van der Waals surface area contributed by atoms with Crippen LogP contribution in [0.3, 0.4) is 0 Å². The molecule has 0 amide bonds. The van der Waals surface area contributed by atoms with Gasteiger partial charge in [-0.25, -0.2) is 0 Å². The van der Waals surface area contributed by atoms with Crippen LogP contribution in [0.2, 0.25) is 0 Å². The molecule has 2 aromatic heterocycles. The molecule has 4 nitrogen and oxygen atoms in total. The number of hydrogen-bond donors (Lipinski definition) is 0. The van der Waals surface area contributed by atoms with Crippen molar-refractivity contribution in [2.45, 2.75) is 12.8 Å². The molecule has 0 saturated carbocycles. The number of aromatic nitrogens is 4. The van der Waals surface area contributed by atoms with E-state index in [-0.39, 0.29) is 0 Å². The topological polar surface area (TPSA) is 51.6 Å². The average Bonchev–Trinajstić information content (AvgIpc) is 2.64. The lowest BCUT2D eigenvalue weighted by atomic mass is 10.0. The van der Waals surface area contributed by atoms with E-state index in [1.54, 1.807) is 0 Å². The van der Waals surface area contributed by atoms with Gasteiger partial charge in [0.25, 0.3) is 0 Å². The van der Waals surface area contributed by atoms with Crippen LogP contribution in [-0.2, 0) is 12.8 Å². The molecule has 0 aromatic carbocycles. The molecule has 3 rings (SSSR count). The van der Waals surface area contributed by atoms with Gasteiger partial charge in [-0.2, -0.15) is 17.5 Å². The smallest absolute Gasteiger partial charge is 0.0839 e. The number of fused-ring (bicyclic) bond motifs is 2. The standard InChI is InChI=1S/C6H4N4S2/c1-3-5(9-11-7-3)2-6-4(1)8-12-10-6/h1-2H2. The molecular weight excluding hydrogens is 192 g/mol. The van der Waals surface area contributed by atoms with Crippen LogP contribution in [-0.4, -0.2) is 17.5 Å². The molecule has 2 aromatic rings. The highest BCUT2D eigenvalue weighted by Crippen LogP contribution is 2.23. The zero-order chi connectivity index (χ0) is 7.97. The van der Waals surface area contributed by atoms with Gasteiger partial charge in [0.1, 0.15) is 0 Å². The molecule has 12 heavy (non-hydrogen) atoms. The van der Waals surface area contributed by atoms with Crippen LogP contribution in [0.25, 0.3) is 0 Å². The van der Waals surface area contributed by atoms with Crippen LogP contribution < -0.4 is 0 Å². The van der Waals surface area contributed by atoms with Crippen molar-refractivity contribution in [1.82, 2.24) is 17.5 Å². The van der Waals surface area contributed by atoms with E-state index in [4.69, 9.17) is 0 Å². The first kappa shape index (κ1) is 6.62. The second kappa shape index (κ2) is 2.30. The van der Waals surface area contributed by atoms with Gasteiger partial charge in [-0.05, 0) is 0 Å². The molecule has 0 aliphatic heterocycles. The van der Waals surface area contributed by atoms with Crippen molar-refractivity contribution in [3.63, 3.8) is 0 Å². The van der Waals surface area contributed by atoms with Crippen molar-refractivity contribution < 1.29 is 0 Å². The van der Waals surface area contributed by atoms with Gasteiger partial charge < -0.3 is 0 Å². The van der Waals surface area contributed by atoms with Crippen molar-refractivity contribution in [1.29, 1.82) is 0 Å². The molecule has 1 aliphatic carbocycles. The fraction of sp³-hybridized carbons (Fsp3) is 0.333. The van der Waals surface area contributed by atoms with Crippen molar-refractivity contribution in [3.05, 3.63) is 22.8 Å². The molecule has 6 heteroatoms. The summed E-state index contributed by atoms with van der Waals surface area (Å²) >= 11 is 2.55. The first-order chi connectivity index (χ1) is 5.93. The van der Waals surface area contributed by atoms with Crippen LogP contribution in [0.4, 0.5) is 0 Å². The minimum absolute atomic E-state index is 0.817. The molecular formula is C6H4N4S2. The zero-order valence-electron chi connectivity index (χ0n) is 6.02. The van der Waals surface area contributed by atoms with Gasteiger partial charge in [-0.1, -0.05) is 0 Å². The summed E-state index contributed by atoms with van der Waals surface area (Å²) in [6.45, 7) is 0. The van der Waals surface area contributed by atoms with E-state index in [0.29, 0.717) is 0 Å². The van der Waals surface area contributed by atoms with E-state index >= 15 is 0 Å². The third kappa shape index (κ3) is 0.818. The number of hydrogen-bond acceptors (Lipinski definition) is 6. The van der Waals surface area contributed by atoms with Gasteiger partial charge in [0, 0.05) is 12.8 Å². The lowest BCUT2D eigenvalue weighted by Crippen LogP contribution is -2.06. The van der Waals surface area contributed by atoms with Crippen molar-refractivity contribution in [2.24, 2.45) is 0 Å². The van der Waals surface area contributed by atoms with Gasteiger partial charge in [-0.3, -0.25) is 0 Å². The molecule has 60 valence electrons. The molecule has 0 bridgehead atoms. The quantitative estimate of drug-likeness (QED) is 0.535. The first-order valence-electron chi connectivity index (χ1n) is 3.54. The summed E-state index contributed by atoms with van der Waals surface area (Å²) < 4.78 is 16.8. The predicted molar refractivity (Wildman–Crippen MR) is 45.4 cm³/mol. The van der Waals surface area contributed by atoms with Crippen molar-refractivity contribution >= 4 is 23.5 Å². The van der Waals surface area contributed by atoms with Gasteiger partial charge in [-0.15, -0.1) is 0 Å². The summed E-state index contributed by atoms with van der Waals surface area (Å²) in [5.41, 5.74) is 4.33. The van der Waals surface area contributed by atoms with Gasteiger partial charge in [0.05, 0.1) is 46.2 Å². The van der Waals surface area contributed by atoms with Gasteiger partial charge >= 0.3 is 0 Å². The summed E-state index contributed by atoms with van der Waals surface area (Å²) in [5.74, 6) is 0. The summed E-state index contributed by atoms with van der Waals surface area (Å²) in [6, 6.07) is 0. The Labute approximate surface area is 76.9 Å². The van der Waals surface area contributed by atoms with E-state index in [0.717, 1.165) is 35.6 Å². The maximum Gasteiger partial charge on any atom is 0.0839 e. The Balaban J connectivity index is 2.15. The Morgan fingerprint density at radius 3 is 1.33 bits per heavy atom. The molecule has 1 aliphatic rings. The SMILES string of the molecule is C1c2nsnc2Cc2nsnc21. The highest BCUT2D eigenvalue weighted by atomic mass is 32.1. The van der Waals surface area contributed by atoms with Crippen molar-refractivity contribution in [3.8, 4) is 0 Å². The fourth-order valence-electron chi connectivity index (χ4n) is 1.30. The average molecular weight is 196 g/mol. The zero-order valence-corrected chi connectivity index (χ0v) is 7.65. The predicted octanol–water partition coefficient (Wildman–Crippen LogP) is 0.885. The normalized spacial score (nSPS) is 14.0. The molecule has 0 atom stereocenters. The summed E-state index contributed by atoms with van der Waals surface area (Å²) in [6.07, 6.45) is 1.63. The lowest BCUT2D eigenvalue weighted by Gasteiger charge is -2.05. The Kier molecular flexibility index (Phi) is 1.27. The van der Waals surface area contributed by atoms with Gasteiger partial charge in [0.2, 0.25) is 0 Å². The van der Waals surface area contributed by atoms with E-state index < -0.39 is 0 Å². The molecule has 0 saturated heterocycles. The highest BCUT2D eigenvalue weighted by molar-refractivity contribution is 6.99. The Morgan fingerprint density at radius 1 is 0.667 bits per heavy atom. The van der Waals surface area contributed by atoms with Crippen LogP contribution in [0.15, 0.2) is 0 Å². The van der Waals surface area contributed by atoms with E-state index in [1.807, 2.05) is 0 Å². The monoisotopic (exact) mass is 196 g/mol. The minimum atomic E-state index is 0.817. The molecule has 0 unspecified atom stereocenters. The Bertz CT molecular complexity index is 345. The van der Waals surface area contributed by atoms with E-state index in [2.05, 4.69) is 17.5 Å². The number of nitrogens with zero attached hydrogens (tertiary/aromatic N) is 4. The van der Waals surface area contributed by atoms with E-state index in [9.17, 15) is 0 Å². The maximum atomic E-state index is 4.20. The van der Waals surface area contributed by atoms with Crippen LogP contribution in [0.1, 0.15) is 22.8 Å². The van der Waals surface area contributed by atoms with Gasteiger partial charge in [0.15, 0.2) is 0 Å².